The molecule has 0 bridgehead atoms. The molecular formula is C19H21BrFNO4. The van der Waals surface area contributed by atoms with E-state index in [1.165, 1.54) is 18.2 Å². The second kappa shape index (κ2) is 9.43. The number of carbonyl (C=O) groups is 1. The molecule has 140 valence electrons. The van der Waals surface area contributed by atoms with Crippen LogP contribution in [0, 0.1) is 5.82 Å². The summed E-state index contributed by atoms with van der Waals surface area (Å²) in [4.78, 5) is 12.4. The van der Waals surface area contributed by atoms with Gasteiger partial charge in [0.25, 0.3) is 5.91 Å². The molecule has 0 fully saturated rings. The normalized spacial score (nSPS) is 11.6. The van der Waals surface area contributed by atoms with Gasteiger partial charge in [-0.25, -0.2) is 4.39 Å². The molecule has 0 radical (unpaired) electrons. The molecule has 0 saturated heterocycles. The standard InChI is InChI=1S/C19H21BrFNO4/c1-4-24-17-9-7-14(11-18(17)25-5-2)22-19(23)12(3)26-16-8-6-13(21)10-15(16)20/h6-12H,4-5H2,1-3H3,(H,22,23). The fourth-order valence-corrected chi connectivity index (χ4v) is 2.63. The van der Waals surface area contributed by atoms with Gasteiger partial charge in [0, 0.05) is 11.8 Å². The SMILES string of the molecule is CCOc1ccc(NC(=O)C(C)Oc2ccc(F)cc2Br)cc1OCC. The van der Waals surface area contributed by atoms with Crippen molar-refractivity contribution in [1.82, 2.24) is 0 Å². The van der Waals surface area contributed by atoms with E-state index in [0.717, 1.165) is 0 Å². The fraction of sp³-hybridized carbons (Fsp3) is 0.316. The lowest BCUT2D eigenvalue weighted by atomic mass is 10.2. The number of carbonyl (C=O) groups excluding carboxylic acids is 1. The fourth-order valence-electron chi connectivity index (χ4n) is 2.19. The largest absolute Gasteiger partial charge is 0.490 e. The monoisotopic (exact) mass is 425 g/mol. The van der Waals surface area contributed by atoms with Gasteiger partial charge in [0.1, 0.15) is 11.6 Å². The van der Waals surface area contributed by atoms with Crippen LogP contribution in [0.5, 0.6) is 17.2 Å². The maximum Gasteiger partial charge on any atom is 0.265 e. The minimum atomic E-state index is -0.779. The van der Waals surface area contributed by atoms with Crippen LogP contribution in [0.3, 0.4) is 0 Å². The highest BCUT2D eigenvalue weighted by Gasteiger charge is 2.17. The summed E-state index contributed by atoms with van der Waals surface area (Å²) in [6, 6.07) is 9.19. The first-order chi connectivity index (χ1) is 12.4. The lowest BCUT2D eigenvalue weighted by Gasteiger charge is -2.17. The van der Waals surface area contributed by atoms with Crippen molar-refractivity contribution in [2.24, 2.45) is 0 Å². The number of ether oxygens (including phenoxy) is 3. The van der Waals surface area contributed by atoms with Crippen molar-refractivity contribution in [3.8, 4) is 17.2 Å². The summed E-state index contributed by atoms with van der Waals surface area (Å²) in [6.07, 6.45) is -0.779. The zero-order valence-electron chi connectivity index (χ0n) is 14.8. The summed E-state index contributed by atoms with van der Waals surface area (Å²) in [6.45, 7) is 6.37. The van der Waals surface area contributed by atoms with Gasteiger partial charge in [-0.3, -0.25) is 4.79 Å². The molecule has 0 aliphatic rings. The molecule has 0 spiro atoms. The van der Waals surface area contributed by atoms with E-state index in [9.17, 15) is 9.18 Å². The van der Waals surface area contributed by atoms with E-state index in [-0.39, 0.29) is 11.7 Å². The average molecular weight is 426 g/mol. The third-order valence-electron chi connectivity index (χ3n) is 3.38. The van der Waals surface area contributed by atoms with Crippen LogP contribution >= 0.6 is 15.9 Å². The van der Waals surface area contributed by atoms with E-state index >= 15 is 0 Å². The van der Waals surface area contributed by atoms with E-state index in [4.69, 9.17) is 14.2 Å². The third kappa shape index (κ3) is 5.36. The van der Waals surface area contributed by atoms with Crippen LogP contribution in [0.4, 0.5) is 10.1 Å². The highest BCUT2D eigenvalue weighted by Crippen LogP contribution is 2.31. The molecule has 0 aliphatic carbocycles. The van der Waals surface area contributed by atoms with E-state index in [0.29, 0.717) is 40.6 Å². The smallest absolute Gasteiger partial charge is 0.265 e. The number of hydrogen-bond acceptors (Lipinski definition) is 4. The topological polar surface area (TPSA) is 56.8 Å². The quantitative estimate of drug-likeness (QED) is 0.660. The molecule has 0 saturated carbocycles. The maximum absolute atomic E-state index is 13.1. The number of hydrogen-bond donors (Lipinski definition) is 1. The molecular weight excluding hydrogens is 405 g/mol. The van der Waals surface area contributed by atoms with E-state index in [2.05, 4.69) is 21.2 Å². The molecule has 2 aromatic carbocycles. The summed E-state index contributed by atoms with van der Waals surface area (Å²) in [7, 11) is 0. The van der Waals surface area contributed by atoms with Gasteiger partial charge >= 0.3 is 0 Å². The number of amides is 1. The van der Waals surface area contributed by atoms with Crippen LogP contribution in [0.2, 0.25) is 0 Å². The van der Waals surface area contributed by atoms with Crippen LogP contribution in [-0.2, 0) is 4.79 Å². The molecule has 1 amide bonds. The molecule has 0 aromatic heterocycles. The molecule has 2 aromatic rings. The third-order valence-corrected chi connectivity index (χ3v) is 4.00. The van der Waals surface area contributed by atoms with Gasteiger partial charge in [-0.15, -0.1) is 0 Å². The number of rotatable bonds is 8. The Kier molecular flexibility index (Phi) is 7.26. The first-order valence-electron chi connectivity index (χ1n) is 8.26. The molecule has 1 atom stereocenters. The predicted molar refractivity (Wildman–Crippen MR) is 102 cm³/mol. The Morgan fingerprint density at radius 2 is 1.73 bits per heavy atom. The Hall–Kier alpha value is -2.28. The van der Waals surface area contributed by atoms with Crippen LogP contribution in [0.1, 0.15) is 20.8 Å². The minimum absolute atomic E-state index is 0.340. The number of halogens is 2. The molecule has 1 N–H and O–H groups in total. The second-order valence-corrected chi connectivity index (χ2v) is 6.21. The van der Waals surface area contributed by atoms with Crippen molar-refractivity contribution in [1.29, 1.82) is 0 Å². The molecule has 2 rings (SSSR count). The summed E-state index contributed by atoms with van der Waals surface area (Å²) >= 11 is 3.21. The second-order valence-electron chi connectivity index (χ2n) is 5.35. The molecule has 0 aliphatic heterocycles. The zero-order valence-corrected chi connectivity index (χ0v) is 16.4. The molecule has 26 heavy (non-hydrogen) atoms. The van der Waals surface area contributed by atoms with Gasteiger partial charge < -0.3 is 19.5 Å². The Morgan fingerprint density at radius 1 is 1.08 bits per heavy atom. The summed E-state index contributed by atoms with van der Waals surface area (Å²) in [5.74, 6) is 0.830. The Labute approximate surface area is 160 Å². The average Bonchev–Trinajstić information content (AvgIpc) is 2.60. The van der Waals surface area contributed by atoms with Gasteiger partial charge in [-0.2, -0.15) is 0 Å². The molecule has 0 heterocycles. The van der Waals surface area contributed by atoms with Crippen molar-refractivity contribution in [2.75, 3.05) is 18.5 Å². The number of nitrogens with one attached hydrogen (secondary N) is 1. The Balaban J connectivity index is 2.07. The minimum Gasteiger partial charge on any atom is -0.490 e. The molecule has 1 unspecified atom stereocenters. The highest BCUT2D eigenvalue weighted by atomic mass is 79.9. The van der Waals surface area contributed by atoms with Crippen LogP contribution in [-0.4, -0.2) is 25.2 Å². The first kappa shape index (κ1) is 20.0. The lowest BCUT2D eigenvalue weighted by Crippen LogP contribution is -2.30. The first-order valence-corrected chi connectivity index (χ1v) is 9.06. The van der Waals surface area contributed by atoms with Gasteiger partial charge in [-0.1, -0.05) is 0 Å². The predicted octanol–water partition coefficient (Wildman–Crippen LogP) is 4.79. The zero-order chi connectivity index (χ0) is 19.1. The number of anilines is 1. The van der Waals surface area contributed by atoms with Crippen molar-refractivity contribution in [3.05, 3.63) is 46.7 Å². The number of benzene rings is 2. The van der Waals surface area contributed by atoms with Crippen LogP contribution in [0.25, 0.3) is 0 Å². The van der Waals surface area contributed by atoms with Gasteiger partial charge in [-0.05, 0) is 67.0 Å². The lowest BCUT2D eigenvalue weighted by molar-refractivity contribution is -0.122. The van der Waals surface area contributed by atoms with Gasteiger partial charge in [0.15, 0.2) is 17.6 Å². The highest BCUT2D eigenvalue weighted by molar-refractivity contribution is 9.10. The van der Waals surface area contributed by atoms with Crippen LogP contribution in [0.15, 0.2) is 40.9 Å². The summed E-state index contributed by atoms with van der Waals surface area (Å²) in [5.41, 5.74) is 0.565. The van der Waals surface area contributed by atoms with Crippen LogP contribution < -0.4 is 19.5 Å². The Bertz CT molecular complexity index is 769. The summed E-state index contributed by atoms with van der Waals surface area (Å²) < 4.78 is 30.2. The van der Waals surface area contributed by atoms with E-state index in [1.54, 1.807) is 25.1 Å². The maximum atomic E-state index is 13.1. The summed E-state index contributed by atoms with van der Waals surface area (Å²) in [5, 5.41) is 2.77. The molecule has 5 nitrogen and oxygen atoms in total. The van der Waals surface area contributed by atoms with Gasteiger partial charge in [0.05, 0.1) is 17.7 Å². The van der Waals surface area contributed by atoms with Gasteiger partial charge in [0.2, 0.25) is 0 Å². The Morgan fingerprint density at radius 3 is 2.38 bits per heavy atom. The van der Waals surface area contributed by atoms with E-state index < -0.39 is 6.10 Å². The van der Waals surface area contributed by atoms with Crippen molar-refractivity contribution in [2.45, 2.75) is 26.9 Å². The van der Waals surface area contributed by atoms with Crippen molar-refractivity contribution < 1.29 is 23.4 Å². The van der Waals surface area contributed by atoms with Crippen molar-refractivity contribution >= 4 is 27.5 Å². The van der Waals surface area contributed by atoms with E-state index in [1.807, 2.05) is 13.8 Å². The van der Waals surface area contributed by atoms with Crippen molar-refractivity contribution in [3.63, 3.8) is 0 Å². The molecule has 7 heteroatoms.